The normalized spacial score (nSPS) is 11.7. The lowest BCUT2D eigenvalue weighted by atomic mass is 10.1. The standard InChI is InChI=1S/C23H13F7N2O3/c1-10-6-7-11(22-32-12-4-2-3-5-14(12)35-22)8-13(10)31-15(33)9-34-21-19(26)17(24)16(23(28,29)30)18(25)20(21)27/h2-8H,9H2,1H3,(H,31,33). The van der Waals surface area contributed by atoms with E-state index in [0.29, 0.717) is 22.2 Å². The van der Waals surface area contributed by atoms with Crippen molar-refractivity contribution in [3.8, 4) is 17.2 Å². The fraction of sp³-hybridized carbons (Fsp3) is 0.130. The Morgan fingerprint density at radius 1 is 1.00 bits per heavy atom. The minimum Gasteiger partial charge on any atom is -0.477 e. The van der Waals surface area contributed by atoms with E-state index in [1.165, 1.54) is 6.07 Å². The second kappa shape index (κ2) is 8.93. The average molecular weight is 498 g/mol. The highest BCUT2D eigenvalue weighted by Gasteiger charge is 2.42. The van der Waals surface area contributed by atoms with Crippen LogP contribution in [-0.2, 0) is 11.0 Å². The van der Waals surface area contributed by atoms with E-state index in [-0.39, 0.29) is 11.6 Å². The van der Waals surface area contributed by atoms with Crippen LogP contribution >= 0.6 is 0 Å². The molecular weight excluding hydrogens is 485 g/mol. The van der Waals surface area contributed by atoms with Crippen LogP contribution in [0.3, 0.4) is 0 Å². The molecule has 1 heterocycles. The lowest BCUT2D eigenvalue weighted by Gasteiger charge is -2.15. The molecule has 0 aliphatic rings. The van der Waals surface area contributed by atoms with Gasteiger partial charge in [0.05, 0.1) is 0 Å². The fourth-order valence-corrected chi connectivity index (χ4v) is 3.20. The molecule has 0 saturated carbocycles. The van der Waals surface area contributed by atoms with Gasteiger partial charge in [0.1, 0.15) is 11.1 Å². The second-order valence-electron chi connectivity index (χ2n) is 7.31. The van der Waals surface area contributed by atoms with Crippen LogP contribution in [0.15, 0.2) is 46.9 Å². The highest BCUT2D eigenvalue weighted by Crippen LogP contribution is 2.39. The van der Waals surface area contributed by atoms with Gasteiger partial charge < -0.3 is 14.5 Å². The van der Waals surface area contributed by atoms with E-state index < -0.39 is 53.3 Å². The first-order valence-electron chi connectivity index (χ1n) is 9.79. The minimum absolute atomic E-state index is 0.226. The maximum absolute atomic E-state index is 13.9. The number of carbonyl (C=O) groups is 1. The van der Waals surface area contributed by atoms with Gasteiger partial charge in [-0.2, -0.15) is 22.0 Å². The number of nitrogens with one attached hydrogen (secondary N) is 1. The molecule has 0 aliphatic carbocycles. The monoisotopic (exact) mass is 498 g/mol. The summed E-state index contributed by atoms with van der Waals surface area (Å²) in [7, 11) is 0. The first-order valence-corrected chi connectivity index (χ1v) is 9.79. The number of hydrogen-bond donors (Lipinski definition) is 1. The van der Waals surface area contributed by atoms with Gasteiger partial charge >= 0.3 is 6.18 Å². The van der Waals surface area contributed by atoms with Crippen molar-refractivity contribution in [2.75, 3.05) is 11.9 Å². The number of aryl methyl sites for hydroxylation is 1. The Morgan fingerprint density at radius 2 is 1.66 bits per heavy atom. The van der Waals surface area contributed by atoms with Gasteiger partial charge in [-0.3, -0.25) is 4.79 Å². The summed E-state index contributed by atoms with van der Waals surface area (Å²) in [6.45, 7) is 0.469. The van der Waals surface area contributed by atoms with Gasteiger partial charge in [0.15, 0.2) is 29.6 Å². The molecule has 1 amide bonds. The number of nitrogens with zero attached hydrogens (tertiary/aromatic N) is 1. The van der Waals surface area contributed by atoms with Gasteiger partial charge in [0, 0.05) is 11.3 Å². The third-order valence-electron chi connectivity index (χ3n) is 4.91. The molecule has 0 bridgehead atoms. The van der Waals surface area contributed by atoms with E-state index in [0.717, 1.165) is 0 Å². The summed E-state index contributed by atoms with van der Waals surface area (Å²) in [4.78, 5) is 16.6. The Labute approximate surface area is 192 Å². The summed E-state index contributed by atoms with van der Waals surface area (Å²) < 4.78 is 104. The van der Waals surface area contributed by atoms with Crippen LogP contribution in [0.2, 0.25) is 0 Å². The number of halogens is 7. The van der Waals surface area contributed by atoms with Crippen LogP contribution in [0.25, 0.3) is 22.6 Å². The lowest BCUT2D eigenvalue weighted by Crippen LogP contribution is -2.23. The molecule has 0 aliphatic heterocycles. The Balaban J connectivity index is 1.53. The summed E-state index contributed by atoms with van der Waals surface area (Å²) >= 11 is 0. The molecule has 4 rings (SSSR count). The summed E-state index contributed by atoms with van der Waals surface area (Å²) in [6.07, 6.45) is -5.69. The molecule has 0 saturated heterocycles. The zero-order chi connectivity index (χ0) is 25.5. The summed E-state index contributed by atoms with van der Waals surface area (Å²) in [5, 5.41) is 2.38. The van der Waals surface area contributed by atoms with E-state index in [1.54, 1.807) is 43.3 Å². The first-order chi connectivity index (χ1) is 16.5. The highest BCUT2D eigenvalue weighted by atomic mass is 19.4. The van der Waals surface area contributed by atoms with Crippen LogP contribution in [0.5, 0.6) is 5.75 Å². The molecule has 182 valence electrons. The number of fused-ring (bicyclic) bond motifs is 1. The van der Waals surface area contributed by atoms with Gasteiger partial charge in [-0.15, -0.1) is 0 Å². The summed E-state index contributed by atoms with van der Waals surface area (Å²) in [5.74, 6) is -12.8. The van der Waals surface area contributed by atoms with Gasteiger partial charge in [0.2, 0.25) is 17.5 Å². The number of para-hydroxylation sites is 2. The van der Waals surface area contributed by atoms with Crippen LogP contribution in [0.1, 0.15) is 11.1 Å². The third-order valence-corrected chi connectivity index (χ3v) is 4.91. The molecule has 0 radical (unpaired) electrons. The van der Waals surface area contributed by atoms with Gasteiger partial charge in [-0.1, -0.05) is 18.2 Å². The maximum atomic E-state index is 13.9. The number of ether oxygens (including phenoxy) is 1. The smallest absolute Gasteiger partial charge is 0.422 e. The Hall–Kier alpha value is -4.09. The van der Waals surface area contributed by atoms with Crippen molar-refractivity contribution in [1.82, 2.24) is 4.98 Å². The number of carbonyl (C=O) groups excluding carboxylic acids is 1. The average Bonchev–Trinajstić information content (AvgIpc) is 3.23. The van der Waals surface area contributed by atoms with E-state index in [4.69, 9.17) is 4.42 Å². The molecule has 0 atom stereocenters. The SMILES string of the molecule is Cc1ccc(-c2nc3ccccc3o2)cc1NC(=O)COc1c(F)c(F)c(C(F)(F)F)c(F)c1F. The van der Waals surface area contributed by atoms with Crippen LogP contribution in [-0.4, -0.2) is 17.5 Å². The third kappa shape index (κ3) is 4.63. The Morgan fingerprint density at radius 3 is 2.29 bits per heavy atom. The lowest BCUT2D eigenvalue weighted by molar-refractivity contribution is -0.143. The van der Waals surface area contributed by atoms with Crippen LogP contribution < -0.4 is 10.1 Å². The minimum atomic E-state index is -5.69. The predicted molar refractivity (Wildman–Crippen MR) is 110 cm³/mol. The molecular formula is C23H13F7N2O3. The van der Waals surface area contributed by atoms with Crippen molar-refractivity contribution in [3.63, 3.8) is 0 Å². The number of anilines is 1. The molecule has 4 aromatic rings. The second-order valence-corrected chi connectivity index (χ2v) is 7.31. The fourth-order valence-electron chi connectivity index (χ4n) is 3.20. The van der Waals surface area contributed by atoms with Crippen LogP contribution in [0, 0.1) is 30.2 Å². The summed E-state index contributed by atoms with van der Waals surface area (Å²) in [6, 6.07) is 11.8. The van der Waals surface area contributed by atoms with E-state index >= 15 is 0 Å². The number of aromatic nitrogens is 1. The van der Waals surface area contributed by atoms with Gasteiger partial charge in [-0.05, 0) is 36.8 Å². The summed E-state index contributed by atoms with van der Waals surface area (Å²) in [5.41, 5.74) is -0.349. The molecule has 0 fully saturated rings. The van der Waals surface area contributed by atoms with Gasteiger partial charge in [0.25, 0.3) is 5.91 Å². The van der Waals surface area contributed by atoms with Crippen LogP contribution in [0.4, 0.5) is 36.4 Å². The Kier molecular flexibility index (Phi) is 6.14. The van der Waals surface area contributed by atoms with Crippen molar-refractivity contribution in [3.05, 3.63) is 76.9 Å². The number of amides is 1. The van der Waals surface area contributed by atoms with E-state index in [9.17, 15) is 35.5 Å². The van der Waals surface area contributed by atoms with E-state index in [2.05, 4.69) is 15.0 Å². The molecule has 3 aromatic carbocycles. The van der Waals surface area contributed by atoms with Crippen molar-refractivity contribution in [2.24, 2.45) is 0 Å². The van der Waals surface area contributed by atoms with E-state index in [1.807, 2.05) is 0 Å². The Bertz CT molecular complexity index is 1390. The molecule has 5 nitrogen and oxygen atoms in total. The zero-order valence-electron chi connectivity index (χ0n) is 17.6. The topological polar surface area (TPSA) is 64.4 Å². The maximum Gasteiger partial charge on any atom is 0.422 e. The molecule has 0 unspecified atom stereocenters. The molecule has 12 heteroatoms. The largest absolute Gasteiger partial charge is 0.477 e. The predicted octanol–water partition coefficient (Wildman–Crippen LogP) is 6.40. The van der Waals surface area contributed by atoms with Crippen molar-refractivity contribution in [2.45, 2.75) is 13.1 Å². The van der Waals surface area contributed by atoms with Gasteiger partial charge in [-0.25, -0.2) is 13.8 Å². The number of alkyl halides is 3. The molecule has 1 N–H and O–H groups in total. The quantitative estimate of drug-likeness (QED) is 0.256. The number of rotatable bonds is 5. The highest BCUT2D eigenvalue weighted by molar-refractivity contribution is 5.93. The van der Waals surface area contributed by atoms with Crippen molar-refractivity contribution >= 4 is 22.7 Å². The number of oxazole rings is 1. The zero-order valence-corrected chi connectivity index (χ0v) is 17.6. The van der Waals surface area contributed by atoms with Crippen molar-refractivity contribution < 1.29 is 44.7 Å². The number of hydrogen-bond acceptors (Lipinski definition) is 4. The first kappa shape index (κ1) is 24.0. The molecule has 0 spiro atoms. The van der Waals surface area contributed by atoms with Crippen molar-refractivity contribution in [1.29, 1.82) is 0 Å². The number of benzene rings is 3. The molecule has 1 aromatic heterocycles. The molecule has 35 heavy (non-hydrogen) atoms.